The second-order valence-electron chi connectivity index (χ2n) is 3.66. The number of ether oxygens (including phenoxy) is 5. The number of methoxy groups -OCH3 is 4. The van der Waals surface area contributed by atoms with Gasteiger partial charge in [-0.3, -0.25) is 4.79 Å². The van der Waals surface area contributed by atoms with Crippen LogP contribution < -0.4 is 5.73 Å². The molecule has 1 fully saturated rings. The first-order chi connectivity index (χ1) is 8.10. The maximum atomic E-state index is 11.3. The van der Waals surface area contributed by atoms with Crippen molar-refractivity contribution in [2.75, 3.05) is 28.4 Å². The first-order valence-corrected chi connectivity index (χ1v) is 5.16. The zero-order valence-corrected chi connectivity index (χ0v) is 10.4. The fourth-order valence-corrected chi connectivity index (χ4v) is 2.00. The molecule has 0 unspecified atom stereocenters. The van der Waals surface area contributed by atoms with E-state index in [0.717, 1.165) is 0 Å². The predicted molar refractivity (Wildman–Crippen MR) is 57.3 cm³/mol. The highest BCUT2D eigenvalue weighted by molar-refractivity contribution is 5.79. The highest BCUT2D eigenvalue weighted by Crippen LogP contribution is 2.27. The number of hydrogen-bond donors (Lipinski definition) is 1. The molecule has 7 nitrogen and oxygen atoms in total. The maximum absolute atomic E-state index is 11.3. The summed E-state index contributed by atoms with van der Waals surface area (Å²) in [6.07, 6.45) is -3.28. The van der Waals surface area contributed by atoms with Gasteiger partial charge in [0.2, 0.25) is 5.91 Å². The Hall–Kier alpha value is -0.730. The molecule has 1 aliphatic rings. The van der Waals surface area contributed by atoms with E-state index in [1.807, 2.05) is 0 Å². The predicted octanol–water partition coefficient (Wildman–Crippen LogP) is -1.11. The fourth-order valence-electron chi connectivity index (χ4n) is 2.00. The lowest BCUT2D eigenvalue weighted by Crippen LogP contribution is -2.63. The third kappa shape index (κ3) is 2.75. The van der Waals surface area contributed by atoms with Gasteiger partial charge in [0, 0.05) is 28.4 Å². The summed E-state index contributed by atoms with van der Waals surface area (Å²) in [5.41, 5.74) is 5.26. The van der Waals surface area contributed by atoms with Crippen molar-refractivity contribution in [3.8, 4) is 0 Å². The second-order valence-corrected chi connectivity index (χ2v) is 3.66. The molecule has 1 rings (SSSR count). The van der Waals surface area contributed by atoms with Gasteiger partial charge in [0.1, 0.15) is 18.3 Å². The Kier molecular flexibility index (Phi) is 5.29. The van der Waals surface area contributed by atoms with Crippen LogP contribution in [0, 0.1) is 0 Å². The van der Waals surface area contributed by atoms with Gasteiger partial charge >= 0.3 is 0 Å². The third-order valence-electron chi connectivity index (χ3n) is 2.82. The Morgan fingerprint density at radius 3 is 1.82 bits per heavy atom. The third-order valence-corrected chi connectivity index (χ3v) is 2.82. The number of nitrogens with two attached hydrogens (primary N) is 1. The number of hydrogen-bond acceptors (Lipinski definition) is 6. The van der Waals surface area contributed by atoms with Crippen LogP contribution in [-0.2, 0) is 28.5 Å². The quantitative estimate of drug-likeness (QED) is 0.664. The van der Waals surface area contributed by atoms with Crippen LogP contribution in [0.1, 0.15) is 0 Å². The van der Waals surface area contributed by atoms with E-state index >= 15 is 0 Å². The molecule has 0 bridgehead atoms. The average Bonchev–Trinajstić information content (AvgIpc) is 2.35. The standard InChI is InChI=1S/C10H19NO6/c1-13-5-6(14-2)8(15-3)10(16-4)17-7(5)9(11)12/h5-8,10H,1-4H3,(H2,11,12)/t5-,6-,7-,8+,10+/m0/s1. The van der Waals surface area contributed by atoms with Crippen LogP contribution >= 0.6 is 0 Å². The molecule has 100 valence electrons. The summed E-state index contributed by atoms with van der Waals surface area (Å²) in [6, 6.07) is 0. The van der Waals surface area contributed by atoms with E-state index in [9.17, 15) is 4.79 Å². The van der Waals surface area contributed by atoms with Gasteiger partial charge in [0.25, 0.3) is 0 Å². The first kappa shape index (κ1) is 14.3. The van der Waals surface area contributed by atoms with E-state index in [4.69, 9.17) is 29.4 Å². The van der Waals surface area contributed by atoms with Crippen LogP contribution in [0.5, 0.6) is 0 Å². The summed E-state index contributed by atoms with van der Waals surface area (Å²) >= 11 is 0. The van der Waals surface area contributed by atoms with E-state index in [2.05, 4.69) is 0 Å². The van der Waals surface area contributed by atoms with Crippen LogP contribution in [0.15, 0.2) is 0 Å². The summed E-state index contributed by atoms with van der Waals surface area (Å²) in [6.45, 7) is 0. The lowest BCUT2D eigenvalue weighted by molar-refractivity contribution is -0.295. The summed E-state index contributed by atoms with van der Waals surface area (Å²) < 4.78 is 26.3. The van der Waals surface area contributed by atoms with E-state index in [-0.39, 0.29) is 0 Å². The SMILES string of the molecule is CO[C@@H]1O[C@H](C(N)=O)[C@@H](OC)[C@H](OC)[C@H]1OC. The molecule has 2 N–H and O–H groups in total. The van der Waals surface area contributed by atoms with Gasteiger partial charge in [-0.25, -0.2) is 0 Å². The van der Waals surface area contributed by atoms with Crippen LogP contribution in [0.25, 0.3) is 0 Å². The average molecular weight is 249 g/mol. The summed E-state index contributed by atoms with van der Waals surface area (Å²) in [4.78, 5) is 11.3. The van der Waals surface area contributed by atoms with Crippen molar-refractivity contribution in [1.29, 1.82) is 0 Å². The highest BCUT2D eigenvalue weighted by atomic mass is 16.7. The van der Waals surface area contributed by atoms with Crippen molar-refractivity contribution in [2.45, 2.75) is 30.7 Å². The zero-order chi connectivity index (χ0) is 13.0. The van der Waals surface area contributed by atoms with Gasteiger partial charge < -0.3 is 29.4 Å². The molecule has 7 heteroatoms. The van der Waals surface area contributed by atoms with Crippen LogP contribution in [0.3, 0.4) is 0 Å². The Morgan fingerprint density at radius 1 is 0.941 bits per heavy atom. The molecule has 0 spiro atoms. The largest absolute Gasteiger partial charge is 0.376 e. The van der Waals surface area contributed by atoms with E-state index in [1.54, 1.807) is 0 Å². The molecule has 1 aliphatic heterocycles. The van der Waals surface area contributed by atoms with Crippen molar-refractivity contribution in [1.82, 2.24) is 0 Å². The number of carbonyl (C=O) groups is 1. The van der Waals surface area contributed by atoms with Gasteiger partial charge in [-0.15, -0.1) is 0 Å². The Morgan fingerprint density at radius 2 is 1.47 bits per heavy atom. The van der Waals surface area contributed by atoms with Crippen molar-refractivity contribution >= 4 is 5.91 Å². The van der Waals surface area contributed by atoms with E-state index in [0.29, 0.717) is 0 Å². The fraction of sp³-hybridized carbons (Fsp3) is 0.900. The van der Waals surface area contributed by atoms with Gasteiger partial charge in [-0.1, -0.05) is 0 Å². The first-order valence-electron chi connectivity index (χ1n) is 5.16. The smallest absolute Gasteiger partial charge is 0.249 e. The molecule has 0 aromatic heterocycles. The molecule has 0 aliphatic carbocycles. The Balaban J connectivity index is 2.96. The van der Waals surface area contributed by atoms with Gasteiger partial charge in [0.05, 0.1) is 0 Å². The van der Waals surface area contributed by atoms with E-state index in [1.165, 1.54) is 28.4 Å². The Bertz CT molecular complexity index is 261. The highest BCUT2D eigenvalue weighted by Gasteiger charge is 2.49. The number of amides is 1. The van der Waals surface area contributed by atoms with Crippen molar-refractivity contribution in [3.63, 3.8) is 0 Å². The molecule has 1 saturated heterocycles. The van der Waals surface area contributed by atoms with Crippen LogP contribution in [0.2, 0.25) is 0 Å². The minimum Gasteiger partial charge on any atom is -0.376 e. The molecule has 0 saturated carbocycles. The number of primary amides is 1. The monoisotopic (exact) mass is 249 g/mol. The molecule has 1 heterocycles. The number of carbonyl (C=O) groups excluding carboxylic acids is 1. The zero-order valence-electron chi connectivity index (χ0n) is 10.4. The van der Waals surface area contributed by atoms with Crippen molar-refractivity contribution in [3.05, 3.63) is 0 Å². The minimum atomic E-state index is -0.929. The molecular formula is C10H19NO6. The molecule has 0 aromatic carbocycles. The second kappa shape index (κ2) is 6.27. The molecule has 0 radical (unpaired) electrons. The molecule has 5 atom stereocenters. The van der Waals surface area contributed by atoms with Crippen LogP contribution in [-0.4, -0.2) is 65.1 Å². The summed E-state index contributed by atoms with van der Waals surface area (Å²) in [5, 5.41) is 0. The van der Waals surface area contributed by atoms with E-state index < -0.39 is 36.6 Å². The number of rotatable bonds is 5. The van der Waals surface area contributed by atoms with Gasteiger partial charge in [-0.2, -0.15) is 0 Å². The topological polar surface area (TPSA) is 89.2 Å². The summed E-state index contributed by atoms with van der Waals surface area (Å²) in [7, 11) is 5.91. The molecular weight excluding hydrogens is 230 g/mol. The summed E-state index contributed by atoms with van der Waals surface area (Å²) in [5.74, 6) is -0.629. The van der Waals surface area contributed by atoms with Crippen molar-refractivity contribution in [2.24, 2.45) is 5.73 Å². The van der Waals surface area contributed by atoms with Crippen LogP contribution in [0.4, 0.5) is 0 Å². The normalized spacial score (nSPS) is 38.0. The van der Waals surface area contributed by atoms with Crippen molar-refractivity contribution < 1.29 is 28.5 Å². The maximum Gasteiger partial charge on any atom is 0.249 e. The minimum absolute atomic E-state index is 0.495. The molecule has 0 aromatic rings. The molecule has 1 amide bonds. The Labute approximate surface area is 100 Å². The lowest BCUT2D eigenvalue weighted by atomic mass is 9.98. The molecule has 17 heavy (non-hydrogen) atoms. The van der Waals surface area contributed by atoms with Gasteiger partial charge in [-0.05, 0) is 0 Å². The lowest BCUT2D eigenvalue weighted by Gasteiger charge is -2.43. The van der Waals surface area contributed by atoms with Gasteiger partial charge in [0.15, 0.2) is 12.4 Å².